The fourth-order valence-electron chi connectivity index (χ4n) is 2.93. The number of ether oxygens (including phenoxy) is 2. The molecule has 5 nitrogen and oxygen atoms in total. The van der Waals surface area contributed by atoms with E-state index in [1.807, 2.05) is 49.4 Å². The summed E-state index contributed by atoms with van der Waals surface area (Å²) >= 11 is 6.04. The zero-order valence-corrected chi connectivity index (χ0v) is 15.4. The van der Waals surface area contributed by atoms with Crippen molar-refractivity contribution in [2.24, 2.45) is 0 Å². The van der Waals surface area contributed by atoms with E-state index < -0.39 is 5.97 Å². The molecule has 3 rings (SSSR count). The molecule has 1 heterocycles. The molecule has 1 aliphatic heterocycles. The molecule has 1 saturated heterocycles. The van der Waals surface area contributed by atoms with E-state index in [-0.39, 0.29) is 12.5 Å². The Labute approximate surface area is 158 Å². The van der Waals surface area contributed by atoms with Crippen molar-refractivity contribution in [2.45, 2.75) is 19.4 Å². The minimum absolute atomic E-state index is 0.0515. The maximum Gasteiger partial charge on any atom is 0.304 e. The Kier molecular flexibility index (Phi) is 6.14. The highest BCUT2D eigenvalue weighted by molar-refractivity contribution is 6.31. The smallest absolute Gasteiger partial charge is 0.304 e. The molecule has 1 aliphatic rings. The zero-order valence-electron chi connectivity index (χ0n) is 14.7. The average Bonchev–Trinajstić information content (AvgIpc) is 2.64. The molecule has 0 spiro atoms. The van der Waals surface area contributed by atoms with Gasteiger partial charge in [0.1, 0.15) is 11.5 Å². The van der Waals surface area contributed by atoms with Crippen LogP contribution in [0, 0.1) is 6.92 Å². The summed E-state index contributed by atoms with van der Waals surface area (Å²) in [5, 5.41) is 9.55. The van der Waals surface area contributed by atoms with Crippen LogP contribution in [-0.2, 0) is 9.53 Å². The molecule has 2 aromatic carbocycles. The molecule has 1 fully saturated rings. The van der Waals surface area contributed by atoms with Gasteiger partial charge in [-0.1, -0.05) is 23.7 Å². The normalized spacial score (nSPS) is 17.8. The molecule has 0 radical (unpaired) electrons. The maximum atomic E-state index is 10.7. The Morgan fingerprint density at radius 2 is 2.00 bits per heavy atom. The summed E-state index contributed by atoms with van der Waals surface area (Å²) in [6.45, 7) is 4.55. The van der Waals surface area contributed by atoms with E-state index >= 15 is 0 Å². The van der Waals surface area contributed by atoms with Crippen LogP contribution in [0.2, 0.25) is 5.02 Å². The highest BCUT2D eigenvalue weighted by Crippen LogP contribution is 2.28. The van der Waals surface area contributed by atoms with Crippen LogP contribution >= 0.6 is 11.6 Å². The van der Waals surface area contributed by atoms with Crippen molar-refractivity contribution < 1.29 is 19.4 Å². The van der Waals surface area contributed by atoms with E-state index in [0.717, 1.165) is 34.2 Å². The van der Waals surface area contributed by atoms with Crippen molar-refractivity contribution in [2.75, 3.05) is 26.2 Å². The van der Waals surface area contributed by atoms with Gasteiger partial charge in [0.2, 0.25) is 0 Å². The summed E-state index contributed by atoms with van der Waals surface area (Å²) < 4.78 is 11.7. The van der Waals surface area contributed by atoms with E-state index in [2.05, 4.69) is 4.90 Å². The number of carboxylic acid groups (broad SMARTS) is 1. The van der Waals surface area contributed by atoms with Crippen LogP contribution in [0.3, 0.4) is 0 Å². The van der Waals surface area contributed by atoms with Gasteiger partial charge in [-0.3, -0.25) is 9.69 Å². The molecule has 0 aliphatic carbocycles. The molecule has 2 aromatic rings. The molecule has 1 unspecified atom stereocenters. The molecule has 0 bridgehead atoms. The number of halogens is 1. The van der Waals surface area contributed by atoms with Crippen LogP contribution in [0.15, 0.2) is 42.5 Å². The number of aryl methyl sites for hydroxylation is 1. The Morgan fingerprint density at radius 1 is 1.27 bits per heavy atom. The van der Waals surface area contributed by atoms with Crippen molar-refractivity contribution in [3.05, 3.63) is 58.6 Å². The van der Waals surface area contributed by atoms with Gasteiger partial charge in [0.05, 0.1) is 19.1 Å². The number of hydrogen-bond acceptors (Lipinski definition) is 4. The van der Waals surface area contributed by atoms with Crippen molar-refractivity contribution in [1.29, 1.82) is 0 Å². The van der Waals surface area contributed by atoms with E-state index in [9.17, 15) is 4.79 Å². The Morgan fingerprint density at radius 3 is 2.69 bits per heavy atom. The fourth-order valence-corrected chi connectivity index (χ4v) is 3.05. The molecule has 1 atom stereocenters. The summed E-state index contributed by atoms with van der Waals surface area (Å²) in [5.41, 5.74) is 2.03. The molecule has 0 aromatic heterocycles. The fraction of sp³-hybridized carbons (Fsp3) is 0.350. The van der Waals surface area contributed by atoms with Gasteiger partial charge in [-0.05, 0) is 48.4 Å². The third-order valence-electron chi connectivity index (χ3n) is 4.41. The van der Waals surface area contributed by atoms with Crippen LogP contribution in [0.4, 0.5) is 0 Å². The first-order chi connectivity index (χ1) is 12.5. The van der Waals surface area contributed by atoms with E-state index in [1.54, 1.807) is 0 Å². The summed E-state index contributed by atoms with van der Waals surface area (Å²) in [5.74, 6) is 0.717. The predicted molar refractivity (Wildman–Crippen MR) is 100 cm³/mol. The summed E-state index contributed by atoms with van der Waals surface area (Å²) in [6, 6.07) is 13.4. The molecular weight excluding hydrogens is 354 g/mol. The van der Waals surface area contributed by atoms with E-state index in [0.29, 0.717) is 19.7 Å². The summed E-state index contributed by atoms with van der Waals surface area (Å²) in [6.07, 6.45) is 0.101. The highest BCUT2D eigenvalue weighted by atomic mass is 35.5. The first-order valence-corrected chi connectivity index (χ1v) is 8.99. The van der Waals surface area contributed by atoms with Crippen LogP contribution < -0.4 is 4.74 Å². The number of aliphatic carboxylic acids is 1. The molecule has 0 saturated carbocycles. The predicted octanol–water partition coefficient (Wildman–Crippen LogP) is 4.29. The first-order valence-electron chi connectivity index (χ1n) is 8.61. The third kappa shape index (κ3) is 4.97. The van der Waals surface area contributed by atoms with Crippen LogP contribution in [0.1, 0.15) is 23.7 Å². The third-order valence-corrected chi connectivity index (χ3v) is 4.83. The number of hydrogen-bond donors (Lipinski definition) is 1. The van der Waals surface area contributed by atoms with Crippen LogP contribution in [0.5, 0.6) is 11.5 Å². The number of benzene rings is 2. The van der Waals surface area contributed by atoms with E-state index in [1.165, 1.54) is 0 Å². The number of nitrogens with zero attached hydrogens (tertiary/aromatic N) is 1. The Balaban J connectivity index is 1.61. The zero-order chi connectivity index (χ0) is 18.5. The lowest BCUT2D eigenvalue weighted by Gasteiger charge is -2.32. The topological polar surface area (TPSA) is 59.0 Å². The lowest BCUT2D eigenvalue weighted by Crippen LogP contribution is -2.39. The quantitative estimate of drug-likeness (QED) is 0.816. The molecule has 0 amide bonds. The van der Waals surface area contributed by atoms with E-state index in [4.69, 9.17) is 26.2 Å². The molecule has 138 valence electrons. The monoisotopic (exact) mass is 375 g/mol. The number of carbonyl (C=O) groups is 1. The minimum atomic E-state index is -0.771. The van der Waals surface area contributed by atoms with Gasteiger partial charge >= 0.3 is 5.97 Å². The van der Waals surface area contributed by atoms with Crippen LogP contribution in [0.25, 0.3) is 0 Å². The van der Waals surface area contributed by atoms with Crippen LogP contribution in [-0.4, -0.2) is 42.2 Å². The minimum Gasteiger partial charge on any atom is -0.481 e. The van der Waals surface area contributed by atoms with Gasteiger partial charge in [0.15, 0.2) is 0 Å². The Hall–Kier alpha value is -2.08. The number of rotatable bonds is 6. The van der Waals surface area contributed by atoms with Gasteiger partial charge in [-0.2, -0.15) is 0 Å². The maximum absolute atomic E-state index is 10.7. The Bertz CT molecular complexity index is 763. The van der Waals surface area contributed by atoms with Gasteiger partial charge in [0.25, 0.3) is 0 Å². The number of carboxylic acids is 1. The average molecular weight is 376 g/mol. The SMILES string of the molecule is Cc1cc(Oc2ccc(C3CN(CCC(=O)O)CCO3)cc2)ccc1Cl. The molecule has 26 heavy (non-hydrogen) atoms. The summed E-state index contributed by atoms with van der Waals surface area (Å²) in [4.78, 5) is 12.9. The largest absolute Gasteiger partial charge is 0.481 e. The van der Waals surface area contributed by atoms with Gasteiger partial charge in [-0.25, -0.2) is 0 Å². The molecule has 1 N–H and O–H groups in total. The molecule has 6 heteroatoms. The second-order valence-electron chi connectivity index (χ2n) is 6.39. The van der Waals surface area contributed by atoms with Gasteiger partial charge in [0, 0.05) is 24.7 Å². The number of morpholine rings is 1. The lowest BCUT2D eigenvalue weighted by molar-refractivity contribution is -0.137. The first kappa shape index (κ1) is 18.7. The van der Waals surface area contributed by atoms with Crippen molar-refractivity contribution in [3.63, 3.8) is 0 Å². The van der Waals surface area contributed by atoms with Gasteiger partial charge in [-0.15, -0.1) is 0 Å². The van der Waals surface area contributed by atoms with Crippen molar-refractivity contribution in [3.8, 4) is 11.5 Å². The molecular formula is C20H22ClNO4. The second kappa shape index (κ2) is 8.54. The van der Waals surface area contributed by atoms with Crippen molar-refractivity contribution >= 4 is 17.6 Å². The van der Waals surface area contributed by atoms with Crippen molar-refractivity contribution in [1.82, 2.24) is 4.90 Å². The standard InChI is InChI=1S/C20H22ClNO4/c1-14-12-17(6-7-18(14)21)26-16-4-2-15(3-5-16)19-13-22(10-11-25-19)9-8-20(23)24/h2-7,12,19H,8-11,13H2,1H3,(H,23,24). The lowest BCUT2D eigenvalue weighted by atomic mass is 10.1. The highest BCUT2D eigenvalue weighted by Gasteiger charge is 2.22. The van der Waals surface area contributed by atoms with Gasteiger partial charge < -0.3 is 14.6 Å². The summed E-state index contributed by atoms with van der Waals surface area (Å²) in [7, 11) is 0. The second-order valence-corrected chi connectivity index (χ2v) is 6.79.